The highest BCUT2D eigenvalue weighted by Gasteiger charge is 2.05. The van der Waals surface area contributed by atoms with Crippen LogP contribution in [0.2, 0.25) is 5.02 Å². The number of carbonyl (C=O) groups excluding carboxylic acids is 1. The first-order valence-corrected chi connectivity index (χ1v) is 7.27. The zero-order valence-electron chi connectivity index (χ0n) is 10.9. The van der Waals surface area contributed by atoms with Gasteiger partial charge in [-0.05, 0) is 42.3 Å². The highest BCUT2D eigenvalue weighted by atomic mass is 79.9. The number of hydrogen-bond donors (Lipinski definition) is 2. The predicted octanol–water partition coefficient (Wildman–Crippen LogP) is 4.73. The van der Waals surface area contributed by atoms with Gasteiger partial charge in [-0.2, -0.15) is 0 Å². The largest absolute Gasteiger partial charge is 0.334 e. The van der Waals surface area contributed by atoms with Crippen LogP contribution in [0.5, 0.6) is 0 Å². The number of amides is 2. The first-order chi connectivity index (χ1) is 9.54. The molecule has 0 unspecified atom stereocenters. The third-order valence-electron chi connectivity index (χ3n) is 2.79. The van der Waals surface area contributed by atoms with Crippen LogP contribution in [0.4, 0.5) is 10.5 Å². The lowest BCUT2D eigenvalue weighted by Gasteiger charge is -2.10. The number of anilines is 1. The van der Waals surface area contributed by atoms with Crippen LogP contribution in [0.1, 0.15) is 11.1 Å². The van der Waals surface area contributed by atoms with Crippen LogP contribution in [0.25, 0.3) is 0 Å². The third-order valence-corrected chi connectivity index (χ3v) is 3.52. The van der Waals surface area contributed by atoms with Crippen molar-refractivity contribution in [1.82, 2.24) is 5.32 Å². The molecule has 2 rings (SSSR count). The average Bonchev–Trinajstić information content (AvgIpc) is 2.41. The van der Waals surface area contributed by atoms with Crippen LogP contribution < -0.4 is 10.6 Å². The molecule has 5 heteroatoms. The Kier molecular flexibility index (Phi) is 5.04. The van der Waals surface area contributed by atoms with E-state index in [1.807, 2.05) is 37.3 Å². The summed E-state index contributed by atoms with van der Waals surface area (Å²) in [6, 6.07) is 12.9. The summed E-state index contributed by atoms with van der Waals surface area (Å²) in [5.41, 5.74) is 2.70. The van der Waals surface area contributed by atoms with E-state index in [-0.39, 0.29) is 6.03 Å². The minimum Gasteiger partial charge on any atom is -0.334 e. The molecule has 2 amide bonds. The molecule has 104 valence electrons. The van der Waals surface area contributed by atoms with Gasteiger partial charge in [0.1, 0.15) is 0 Å². The zero-order chi connectivity index (χ0) is 14.5. The van der Waals surface area contributed by atoms with E-state index in [9.17, 15) is 4.79 Å². The van der Waals surface area contributed by atoms with E-state index in [4.69, 9.17) is 11.6 Å². The molecule has 0 heterocycles. The Bertz CT molecular complexity index is 631. The second-order valence-corrected chi connectivity index (χ2v) is 5.75. The number of halogens is 2. The Hall–Kier alpha value is -1.52. The van der Waals surface area contributed by atoms with Crippen molar-refractivity contribution < 1.29 is 4.79 Å². The second kappa shape index (κ2) is 6.77. The average molecular weight is 354 g/mol. The van der Waals surface area contributed by atoms with E-state index in [1.165, 1.54) is 0 Å². The lowest BCUT2D eigenvalue weighted by atomic mass is 10.2. The minimum absolute atomic E-state index is 0.254. The van der Waals surface area contributed by atoms with E-state index in [0.29, 0.717) is 17.3 Å². The van der Waals surface area contributed by atoms with Crippen LogP contribution in [0.15, 0.2) is 46.9 Å². The lowest BCUT2D eigenvalue weighted by molar-refractivity contribution is 0.251. The maximum Gasteiger partial charge on any atom is 0.319 e. The molecule has 20 heavy (non-hydrogen) atoms. The molecule has 0 radical (unpaired) electrons. The molecule has 3 nitrogen and oxygen atoms in total. The molecule has 0 fully saturated rings. The summed E-state index contributed by atoms with van der Waals surface area (Å²) >= 11 is 9.31. The smallest absolute Gasteiger partial charge is 0.319 e. The van der Waals surface area contributed by atoms with Crippen molar-refractivity contribution >= 4 is 39.2 Å². The van der Waals surface area contributed by atoms with Gasteiger partial charge in [-0.3, -0.25) is 0 Å². The highest BCUT2D eigenvalue weighted by molar-refractivity contribution is 9.10. The molecule has 0 aliphatic carbocycles. The topological polar surface area (TPSA) is 41.1 Å². The Balaban J connectivity index is 1.94. The highest BCUT2D eigenvalue weighted by Crippen LogP contribution is 2.20. The van der Waals surface area contributed by atoms with Crippen molar-refractivity contribution in [2.75, 3.05) is 5.32 Å². The van der Waals surface area contributed by atoms with Gasteiger partial charge >= 0.3 is 6.03 Å². The Morgan fingerprint density at radius 3 is 2.80 bits per heavy atom. The lowest BCUT2D eigenvalue weighted by Crippen LogP contribution is -2.28. The molecule has 2 N–H and O–H groups in total. The third kappa shape index (κ3) is 4.25. The Labute approximate surface area is 131 Å². The first kappa shape index (κ1) is 14.9. The first-order valence-electron chi connectivity index (χ1n) is 6.10. The van der Waals surface area contributed by atoms with Gasteiger partial charge in [0.05, 0.1) is 0 Å². The van der Waals surface area contributed by atoms with Crippen molar-refractivity contribution in [3.05, 3.63) is 63.1 Å². The normalized spacial score (nSPS) is 10.2. The number of nitrogens with one attached hydrogen (secondary N) is 2. The number of rotatable bonds is 3. The summed E-state index contributed by atoms with van der Waals surface area (Å²) < 4.78 is 0.989. The SMILES string of the molecule is Cc1ccc(Cl)cc1NC(=O)NCc1cccc(Br)c1. The number of urea groups is 1. The van der Waals surface area contributed by atoms with Gasteiger partial charge in [-0.15, -0.1) is 0 Å². The number of carbonyl (C=O) groups is 1. The summed E-state index contributed by atoms with van der Waals surface area (Å²) in [7, 11) is 0. The number of hydrogen-bond acceptors (Lipinski definition) is 1. The predicted molar refractivity (Wildman–Crippen MR) is 86.2 cm³/mol. The zero-order valence-corrected chi connectivity index (χ0v) is 13.3. The van der Waals surface area contributed by atoms with Crippen LogP contribution in [-0.2, 0) is 6.54 Å². The molecule has 2 aromatic carbocycles. The summed E-state index contributed by atoms with van der Waals surface area (Å²) in [5, 5.41) is 6.19. The maximum atomic E-state index is 11.9. The summed E-state index contributed by atoms with van der Waals surface area (Å²) in [6.07, 6.45) is 0. The molecule has 0 spiro atoms. The van der Waals surface area contributed by atoms with E-state index in [0.717, 1.165) is 15.6 Å². The van der Waals surface area contributed by atoms with Gasteiger partial charge in [0, 0.05) is 21.7 Å². The second-order valence-electron chi connectivity index (χ2n) is 4.40. The summed E-state index contributed by atoms with van der Waals surface area (Å²) in [6.45, 7) is 2.38. The van der Waals surface area contributed by atoms with E-state index in [2.05, 4.69) is 26.6 Å². The van der Waals surface area contributed by atoms with Gasteiger partial charge < -0.3 is 10.6 Å². The van der Waals surface area contributed by atoms with E-state index >= 15 is 0 Å². The van der Waals surface area contributed by atoms with Gasteiger partial charge in [0.2, 0.25) is 0 Å². The van der Waals surface area contributed by atoms with E-state index < -0.39 is 0 Å². The molecule has 2 aromatic rings. The molecule has 0 bridgehead atoms. The minimum atomic E-state index is -0.254. The van der Waals surface area contributed by atoms with E-state index in [1.54, 1.807) is 12.1 Å². The number of benzene rings is 2. The molecule has 0 aromatic heterocycles. The van der Waals surface area contributed by atoms with Gasteiger partial charge in [0.25, 0.3) is 0 Å². The van der Waals surface area contributed by atoms with Gasteiger partial charge in [-0.1, -0.05) is 45.7 Å². The fourth-order valence-corrected chi connectivity index (χ4v) is 2.34. The monoisotopic (exact) mass is 352 g/mol. The van der Waals surface area contributed by atoms with Crippen molar-refractivity contribution in [2.45, 2.75) is 13.5 Å². The quantitative estimate of drug-likeness (QED) is 0.822. The van der Waals surface area contributed by atoms with Crippen LogP contribution in [0, 0.1) is 6.92 Å². The van der Waals surface area contributed by atoms with Crippen LogP contribution in [-0.4, -0.2) is 6.03 Å². The van der Waals surface area contributed by atoms with Crippen LogP contribution in [0.3, 0.4) is 0 Å². The van der Waals surface area contributed by atoms with Crippen LogP contribution >= 0.6 is 27.5 Å². The Morgan fingerprint density at radius 1 is 1.25 bits per heavy atom. The van der Waals surface area contributed by atoms with Crippen molar-refractivity contribution in [1.29, 1.82) is 0 Å². The van der Waals surface area contributed by atoms with Crippen molar-refractivity contribution in [3.63, 3.8) is 0 Å². The molecule has 0 aliphatic rings. The van der Waals surface area contributed by atoms with Crippen molar-refractivity contribution in [2.24, 2.45) is 0 Å². The Morgan fingerprint density at radius 2 is 2.05 bits per heavy atom. The summed E-state index contributed by atoms with van der Waals surface area (Å²) in [4.78, 5) is 11.9. The molecule has 0 saturated heterocycles. The fraction of sp³-hybridized carbons (Fsp3) is 0.133. The molecule has 0 aliphatic heterocycles. The molecular formula is C15H14BrClN2O. The molecular weight excluding hydrogens is 340 g/mol. The fourth-order valence-electron chi connectivity index (χ4n) is 1.72. The standard InChI is InChI=1S/C15H14BrClN2O/c1-10-5-6-13(17)8-14(10)19-15(20)18-9-11-3-2-4-12(16)7-11/h2-8H,9H2,1H3,(H2,18,19,20). The van der Waals surface area contributed by atoms with Gasteiger partial charge in [-0.25, -0.2) is 4.79 Å². The maximum absolute atomic E-state index is 11.9. The molecule has 0 atom stereocenters. The van der Waals surface area contributed by atoms with Gasteiger partial charge in [0.15, 0.2) is 0 Å². The number of aryl methyl sites for hydroxylation is 1. The van der Waals surface area contributed by atoms with Crippen molar-refractivity contribution in [3.8, 4) is 0 Å². The molecule has 0 saturated carbocycles. The summed E-state index contributed by atoms with van der Waals surface area (Å²) in [5.74, 6) is 0.